The number of aromatic nitrogens is 1. The lowest BCUT2D eigenvalue weighted by molar-refractivity contribution is 0.281. The standard InChI is InChI=1S/C25H22FN5OS/c26-20-8-4-7-18(24(20)32-13-16-5-2-1-3-6-16)25(28)19-11-17(9-10-21(19)29-15-30-25)22-14-33-23(12-27)31-22/h1-11,14-15H,12-13,27-28H2,(H,29,30). The van der Waals surface area contributed by atoms with E-state index >= 15 is 0 Å². The van der Waals surface area contributed by atoms with Crippen LogP contribution in [0, 0.1) is 5.82 Å². The average molecular weight is 460 g/mol. The number of nitrogens with one attached hydrogen (secondary N) is 1. The first-order chi connectivity index (χ1) is 16.1. The topological polar surface area (TPSA) is 98.5 Å². The van der Waals surface area contributed by atoms with E-state index in [1.165, 1.54) is 23.7 Å². The minimum Gasteiger partial charge on any atom is -0.485 e. The number of nitrogens with two attached hydrogens (primary N) is 2. The third kappa shape index (κ3) is 4.00. The molecule has 0 aliphatic carbocycles. The summed E-state index contributed by atoms with van der Waals surface area (Å²) in [6.45, 7) is 0.591. The zero-order valence-corrected chi connectivity index (χ0v) is 18.5. The van der Waals surface area contributed by atoms with E-state index < -0.39 is 11.5 Å². The van der Waals surface area contributed by atoms with Gasteiger partial charge in [0.25, 0.3) is 0 Å². The van der Waals surface area contributed by atoms with Crippen molar-refractivity contribution >= 4 is 23.4 Å². The van der Waals surface area contributed by atoms with E-state index in [0.29, 0.717) is 17.7 Å². The van der Waals surface area contributed by atoms with E-state index in [1.807, 2.05) is 53.9 Å². The lowest BCUT2D eigenvalue weighted by atomic mass is 9.88. The molecule has 4 aromatic rings. The number of thiazole rings is 1. The minimum atomic E-state index is -1.35. The fourth-order valence-corrected chi connectivity index (χ4v) is 4.54. The third-order valence-corrected chi connectivity index (χ3v) is 6.42. The largest absolute Gasteiger partial charge is 0.485 e. The van der Waals surface area contributed by atoms with Gasteiger partial charge in [-0.3, -0.25) is 5.73 Å². The van der Waals surface area contributed by atoms with Crippen LogP contribution in [0.3, 0.4) is 0 Å². The van der Waals surface area contributed by atoms with Crippen molar-refractivity contribution in [3.8, 4) is 17.0 Å². The molecule has 2 heterocycles. The Hall–Kier alpha value is -3.59. The van der Waals surface area contributed by atoms with Gasteiger partial charge in [0.1, 0.15) is 11.6 Å². The third-order valence-electron chi connectivity index (χ3n) is 5.54. The van der Waals surface area contributed by atoms with Crippen molar-refractivity contribution < 1.29 is 9.13 Å². The van der Waals surface area contributed by atoms with E-state index in [-0.39, 0.29) is 12.4 Å². The SMILES string of the molecule is NCc1nc(-c2ccc3c(c2)C(N)(c2cccc(F)c2OCc2ccccc2)N=CN3)cs1. The summed E-state index contributed by atoms with van der Waals surface area (Å²) in [7, 11) is 0. The second-order valence-electron chi connectivity index (χ2n) is 7.65. The van der Waals surface area contributed by atoms with Gasteiger partial charge in [-0.15, -0.1) is 11.3 Å². The molecule has 0 saturated heterocycles. The van der Waals surface area contributed by atoms with Crippen molar-refractivity contribution in [1.29, 1.82) is 0 Å². The van der Waals surface area contributed by atoms with Gasteiger partial charge >= 0.3 is 0 Å². The van der Waals surface area contributed by atoms with Crippen molar-refractivity contribution in [3.05, 3.63) is 99.6 Å². The fraction of sp³-hybridized carbons (Fsp3) is 0.120. The Labute approximate surface area is 194 Å². The zero-order chi connectivity index (χ0) is 22.8. The molecule has 0 fully saturated rings. The second kappa shape index (κ2) is 8.74. The van der Waals surface area contributed by atoms with Crippen molar-refractivity contribution in [2.24, 2.45) is 16.5 Å². The summed E-state index contributed by atoms with van der Waals surface area (Å²) < 4.78 is 20.9. The van der Waals surface area contributed by atoms with Gasteiger partial charge in [0.2, 0.25) is 0 Å². The number of halogens is 1. The van der Waals surface area contributed by atoms with Crippen LogP contribution in [0.4, 0.5) is 10.1 Å². The molecule has 6 nitrogen and oxygen atoms in total. The number of anilines is 1. The number of hydrogen-bond acceptors (Lipinski definition) is 7. The summed E-state index contributed by atoms with van der Waals surface area (Å²) in [6.07, 6.45) is 1.53. The molecule has 1 aliphatic heterocycles. The summed E-state index contributed by atoms with van der Waals surface area (Å²) in [5, 5.41) is 5.93. The lowest BCUT2D eigenvalue weighted by Gasteiger charge is -2.33. The van der Waals surface area contributed by atoms with Crippen molar-refractivity contribution in [2.45, 2.75) is 18.8 Å². The van der Waals surface area contributed by atoms with Crippen LogP contribution in [0.2, 0.25) is 0 Å². The number of nitrogens with zero attached hydrogens (tertiary/aromatic N) is 2. The van der Waals surface area contributed by atoms with E-state index in [0.717, 1.165) is 27.5 Å². The van der Waals surface area contributed by atoms with Crippen LogP contribution in [-0.2, 0) is 18.8 Å². The molecule has 0 amide bonds. The van der Waals surface area contributed by atoms with Crippen LogP contribution in [0.25, 0.3) is 11.3 Å². The molecule has 1 aliphatic rings. The van der Waals surface area contributed by atoms with Gasteiger partial charge in [0, 0.05) is 34.3 Å². The van der Waals surface area contributed by atoms with Gasteiger partial charge in [0.15, 0.2) is 17.2 Å². The summed E-state index contributed by atoms with van der Waals surface area (Å²) in [5.41, 5.74) is 15.8. The predicted molar refractivity (Wildman–Crippen MR) is 130 cm³/mol. The number of aliphatic imine (C=N–C) groups is 1. The molecule has 166 valence electrons. The van der Waals surface area contributed by atoms with E-state index in [2.05, 4.69) is 15.3 Å². The van der Waals surface area contributed by atoms with Gasteiger partial charge in [-0.25, -0.2) is 14.4 Å². The highest BCUT2D eigenvalue weighted by Crippen LogP contribution is 2.42. The van der Waals surface area contributed by atoms with Crippen LogP contribution in [0.1, 0.15) is 21.7 Å². The summed E-state index contributed by atoms with van der Waals surface area (Å²) in [4.78, 5) is 9.12. The van der Waals surface area contributed by atoms with E-state index in [1.54, 1.807) is 12.1 Å². The van der Waals surface area contributed by atoms with Crippen LogP contribution in [0.15, 0.2) is 77.1 Å². The lowest BCUT2D eigenvalue weighted by Crippen LogP contribution is -2.40. The molecule has 5 rings (SSSR count). The molecular formula is C25H22FN5OS. The molecule has 0 spiro atoms. The Morgan fingerprint density at radius 2 is 1.88 bits per heavy atom. The number of benzene rings is 3. The van der Waals surface area contributed by atoms with E-state index in [4.69, 9.17) is 16.2 Å². The molecule has 33 heavy (non-hydrogen) atoms. The van der Waals surface area contributed by atoms with E-state index in [9.17, 15) is 4.39 Å². The molecule has 1 unspecified atom stereocenters. The molecule has 5 N–H and O–H groups in total. The van der Waals surface area contributed by atoms with Crippen LogP contribution >= 0.6 is 11.3 Å². The van der Waals surface area contributed by atoms with Gasteiger partial charge in [-0.1, -0.05) is 48.5 Å². The maximum Gasteiger partial charge on any atom is 0.167 e. The monoisotopic (exact) mass is 459 g/mol. The first-order valence-corrected chi connectivity index (χ1v) is 11.3. The van der Waals surface area contributed by atoms with Crippen molar-refractivity contribution in [2.75, 3.05) is 5.32 Å². The fourth-order valence-electron chi connectivity index (χ4n) is 3.86. The van der Waals surface area contributed by atoms with Crippen LogP contribution in [-0.4, -0.2) is 11.3 Å². The van der Waals surface area contributed by atoms with Gasteiger partial charge < -0.3 is 15.8 Å². The molecule has 0 bridgehead atoms. The molecule has 8 heteroatoms. The quantitative estimate of drug-likeness (QED) is 0.391. The maximum atomic E-state index is 15.0. The summed E-state index contributed by atoms with van der Waals surface area (Å²) in [5.74, 6) is -0.412. The van der Waals surface area contributed by atoms with Gasteiger partial charge in [-0.2, -0.15) is 0 Å². The average Bonchev–Trinajstić information content (AvgIpc) is 3.33. The molecule has 1 atom stereocenters. The molecular weight excluding hydrogens is 437 g/mol. The first-order valence-electron chi connectivity index (χ1n) is 10.4. The highest BCUT2D eigenvalue weighted by Gasteiger charge is 2.37. The highest BCUT2D eigenvalue weighted by molar-refractivity contribution is 7.09. The minimum absolute atomic E-state index is 0.0818. The highest BCUT2D eigenvalue weighted by atomic mass is 32.1. The Kier molecular flexibility index (Phi) is 5.63. The first kappa shape index (κ1) is 21.3. The number of para-hydroxylation sites is 1. The van der Waals surface area contributed by atoms with Crippen LogP contribution < -0.4 is 21.5 Å². The van der Waals surface area contributed by atoms with Gasteiger partial charge in [-0.05, 0) is 23.8 Å². The normalized spacial score (nSPS) is 16.8. The molecule has 3 aromatic carbocycles. The number of rotatable bonds is 6. The number of ether oxygens (including phenoxy) is 1. The predicted octanol–water partition coefficient (Wildman–Crippen LogP) is 4.60. The number of fused-ring (bicyclic) bond motifs is 1. The van der Waals surface area contributed by atoms with Crippen molar-refractivity contribution in [3.63, 3.8) is 0 Å². The van der Waals surface area contributed by atoms with Gasteiger partial charge in [0.05, 0.1) is 12.0 Å². The molecule has 0 radical (unpaired) electrons. The maximum absolute atomic E-state index is 15.0. The van der Waals surface area contributed by atoms with Crippen LogP contribution in [0.5, 0.6) is 5.75 Å². The Balaban J connectivity index is 1.57. The Morgan fingerprint density at radius 1 is 1.03 bits per heavy atom. The smallest absolute Gasteiger partial charge is 0.167 e. The number of hydrogen-bond donors (Lipinski definition) is 3. The Bertz CT molecular complexity index is 1320. The Morgan fingerprint density at radius 3 is 2.67 bits per heavy atom. The summed E-state index contributed by atoms with van der Waals surface area (Å²) >= 11 is 1.50. The molecule has 1 aromatic heterocycles. The second-order valence-corrected chi connectivity index (χ2v) is 8.59. The summed E-state index contributed by atoms with van der Waals surface area (Å²) in [6, 6.07) is 20.1. The van der Waals surface area contributed by atoms with Crippen molar-refractivity contribution in [1.82, 2.24) is 4.98 Å². The zero-order valence-electron chi connectivity index (χ0n) is 17.7. The molecule has 0 saturated carbocycles.